The number of rotatable bonds is 3. The molecule has 1 aliphatic rings. The topological polar surface area (TPSA) is 33.3 Å². The molecule has 17 heavy (non-hydrogen) atoms. The average molecular weight is 263 g/mol. The molecule has 0 saturated carbocycles. The highest BCUT2D eigenvalue weighted by Crippen LogP contribution is 2.12. The Kier molecular flexibility index (Phi) is 4.28. The van der Waals surface area contributed by atoms with Crippen LogP contribution in [0.3, 0.4) is 0 Å². The van der Waals surface area contributed by atoms with E-state index in [1.165, 1.54) is 0 Å². The third-order valence-electron chi connectivity index (χ3n) is 2.47. The number of hydrogen-bond donors (Lipinski definition) is 2. The Hall–Kier alpha value is -0.750. The van der Waals surface area contributed by atoms with E-state index in [0.717, 1.165) is 18.2 Å². The highest BCUT2D eigenvalue weighted by molar-refractivity contribution is 6.20. The first-order chi connectivity index (χ1) is 8.15. The normalized spacial score (nSPS) is 24.9. The Bertz CT molecular complexity index is 392. The van der Waals surface area contributed by atoms with Crippen LogP contribution in [0.4, 0.5) is 8.78 Å². The van der Waals surface area contributed by atoms with E-state index in [1.807, 2.05) is 0 Å². The van der Waals surface area contributed by atoms with Crippen molar-refractivity contribution in [2.45, 2.75) is 18.3 Å². The Morgan fingerprint density at radius 2 is 2.18 bits per heavy atom. The van der Waals surface area contributed by atoms with Crippen LogP contribution in [0.25, 0.3) is 0 Å². The summed E-state index contributed by atoms with van der Waals surface area (Å²) in [5.41, 5.74) is -0.0189. The van der Waals surface area contributed by atoms with E-state index in [9.17, 15) is 8.78 Å². The molecule has 2 atom stereocenters. The SMILES string of the molecule is Fc1ccc(F)c(COC2CNCC(Cl)N2)c1. The van der Waals surface area contributed by atoms with Gasteiger partial charge in [0.2, 0.25) is 0 Å². The first kappa shape index (κ1) is 12.7. The van der Waals surface area contributed by atoms with Crippen LogP contribution in [-0.4, -0.2) is 24.8 Å². The maximum Gasteiger partial charge on any atom is 0.128 e. The molecule has 6 heteroatoms. The van der Waals surface area contributed by atoms with Gasteiger partial charge in [-0.2, -0.15) is 0 Å². The van der Waals surface area contributed by atoms with Crippen LogP contribution in [0.2, 0.25) is 0 Å². The van der Waals surface area contributed by atoms with Crippen molar-refractivity contribution >= 4 is 11.6 Å². The largest absolute Gasteiger partial charge is 0.357 e. The van der Waals surface area contributed by atoms with Gasteiger partial charge in [-0.3, -0.25) is 5.32 Å². The first-order valence-corrected chi connectivity index (χ1v) is 5.75. The van der Waals surface area contributed by atoms with E-state index in [-0.39, 0.29) is 23.9 Å². The van der Waals surface area contributed by atoms with Gasteiger partial charge in [-0.1, -0.05) is 0 Å². The number of halogens is 3. The smallest absolute Gasteiger partial charge is 0.128 e. The molecule has 2 rings (SSSR count). The third-order valence-corrected chi connectivity index (χ3v) is 2.75. The minimum absolute atomic E-state index is 0.00650. The standard InChI is InChI=1S/C11H13ClF2N2O/c12-10-4-15-5-11(16-10)17-6-7-3-8(13)1-2-9(7)14/h1-3,10-11,15-16H,4-6H2. The van der Waals surface area contributed by atoms with Gasteiger partial charge in [0, 0.05) is 18.7 Å². The number of nitrogens with one attached hydrogen (secondary N) is 2. The summed E-state index contributed by atoms with van der Waals surface area (Å²) in [5.74, 6) is -0.951. The molecule has 1 saturated heterocycles. The van der Waals surface area contributed by atoms with E-state index in [2.05, 4.69) is 10.6 Å². The van der Waals surface area contributed by atoms with Gasteiger partial charge in [-0.25, -0.2) is 8.78 Å². The molecule has 1 fully saturated rings. The molecule has 2 N–H and O–H groups in total. The lowest BCUT2D eigenvalue weighted by Crippen LogP contribution is -2.53. The number of ether oxygens (including phenoxy) is 1. The van der Waals surface area contributed by atoms with Crippen LogP contribution in [0.5, 0.6) is 0 Å². The van der Waals surface area contributed by atoms with E-state index >= 15 is 0 Å². The number of piperazine rings is 1. The van der Waals surface area contributed by atoms with Crippen molar-refractivity contribution in [3.63, 3.8) is 0 Å². The maximum atomic E-state index is 13.3. The van der Waals surface area contributed by atoms with Crippen molar-refractivity contribution in [1.29, 1.82) is 0 Å². The Morgan fingerprint density at radius 1 is 1.35 bits per heavy atom. The molecule has 0 aromatic heterocycles. The van der Waals surface area contributed by atoms with Gasteiger partial charge in [0.1, 0.15) is 17.9 Å². The monoisotopic (exact) mass is 262 g/mol. The summed E-state index contributed by atoms with van der Waals surface area (Å²) in [4.78, 5) is 0. The lowest BCUT2D eigenvalue weighted by atomic mass is 10.2. The number of hydrogen-bond acceptors (Lipinski definition) is 3. The van der Waals surface area contributed by atoms with Gasteiger partial charge >= 0.3 is 0 Å². The highest BCUT2D eigenvalue weighted by Gasteiger charge is 2.19. The molecule has 1 aliphatic heterocycles. The van der Waals surface area contributed by atoms with Crippen molar-refractivity contribution in [2.75, 3.05) is 13.1 Å². The van der Waals surface area contributed by atoms with Crippen LogP contribution in [0.1, 0.15) is 5.56 Å². The average Bonchev–Trinajstić information content (AvgIpc) is 2.30. The van der Waals surface area contributed by atoms with Gasteiger partial charge < -0.3 is 10.1 Å². The molecular weight excluding hydrogens is 250 g/mol. The summed E-state index contributed by atoms with van der Waals surface area (Å²) in [6, 6.07) is 3.29. The second-order valence-electron chi connectivity index (χ2n) is 3.83. The fourth-order valence-electron chi connectivity index (χ4n) is 1.61. The molecule has 0 amide bonds. The third kappa shape index (κ3) is 3.61. The zero-order valence-electron chi connectivity index (χ0n) is 9.05. The van der Waals surface area contributed by atoms with Crippen molar-refractivity contribution in [1.82, 2.24) is 10.6 Å². The Balaban J connectivity index is 1.90. The summed E-state index contributed by atoms with van der Waals surface area (Å²) in [6.45, 7) is 1.24. The molecule has 1 heterocycles. The quantitative estimate of drug-likeness (QED) is 0.641. The fourth-order valence-corrected chi connectivity index (χ4v) is 1.86. The van der Waals surface area contributed by atoms with Crippen molar-refractivity contribution in [3.05, 3.63) is 35.4 Å². The molecule has 2 unspecified atom stereocenters. The molecular formula is C11H13ClF2N2O. The van der Waals surface area contributed by atoms with E-state index < -0.39 is 11.6 Å². The van der Waals surface area contributed by atoms with Gasteiger partial charge in [-0.05, 0) is 18.2 Å². The summed E-state index contributed by atoms with van der Waals surface area (Å²) in [5, 5.41) is 6.04. The number of alkyl halides is 1. The molecule has 3 nitrogen and oxygen atoms in total. The molecule has 0 spiro atoms. The molecule has 0 radical (unpaired) electrons. The lowest BCUT2D eigenvalue weighted by Gasteiger charge is -2.28. The van der Waals surface area contributed by atoms with Crippen LogP contribution in [0.15, 0.2) is 18.2 Å². The summed E-state index contributed by atoms with van der Waals surface area (Å²) >= 11 is 5.86. The van der Waals surface area contributed by atoms with E-state index in [4.69, 9.17) is 16.3 Å². The van der Waals surface area contributed by atoms with E-state index in [1.54, 1.807) is 0 Å². The molecule has 0 bridgehead atoms. The lowest BCUT2D eigenvalue weighted by molar-refractivity contribution is 0.00469. The summed E-state index contributed by atoms with van der Waals surface area (Å²) < 4.78 is 31.6. The van der Waals surface area contributed by atoms with E-state index in [0.29, 0.717) is 13.1 Å². The maximum absolute atomic E-state index is 13.3. The van der Waals surface area contributed by atoms with Crippen molar-refractivity contribution < 1.29 is 13.5 Å². The highest BCUT2D eigenvalue weighted by atomic mass is 35.5. The van der Waals surface area contributed by atoms with Gasteiger partial charge in [0.25, 0.3) is 0 Å². The predicted molar refractivity (Wildman–Crippen MR) is 60.6 cm³/mol. The van der Waals surface area contributed by atoms with Gasteiger partial charge in [0.05, 0.1) is 12.1 Å². The van der Waals surface area contributed by atoms with Crippen molar-refractivity contribution in [3.8, 4) is 0 Å². The second kappa shape index (κ2) is 5.73. The van der Waals surface area contributed by atoms with Crippen LogP contribution < -0.4 is 10.6 Å². The minimum atomic E-state index is -0.477. The Morgan fingerprint density at radius 3 is 2.94 bits per heavy atom. The molecule has 94 valence electrons. The van der Waals surface area contributed by atoms with Gasteiger partial charge in [-0.15, -0.1) is 11.6 Å². The molecule has 1 aromatic rings. The predicted octanol–water partition coefficient (Wildman–Crippen LogP) is 1.57. The van der Waals surface area contributed by atoms with Crippen molar-refractivity contribution in [2.24, 2.45) is 0 Å². The second-order valence-corrected chi connectivity index (χ2v) is 4.35. The Labute approximate surface area is 103 Å². The minimum Gasteiger partial charge on any atom is -0.357 e. The fraction of sp³-hybridized carbons (Fsp3) is 0.455. The van der Waals surface area contributed by atoms with Crippen LogP contribution >= 0.6 is 11.6 Å². The van der Waals surface area contributed by atoms with Crippen LogP contribution in [-0.2, 0) is 11.3 Å². The summed E-state index contributed by atoms with van der Waals surface area (Å²) in [7, 11) is 0. The van der Waals surface area contributed by atoms with Crippen LogP contribution in [0, 0.1) is 11.6 Å². The zero-order chi connectivity index (χ0) is 12.3. The zero-order valence-corrected chi connectivity index (χ0v) is 9.81. The number of benzene rings is 1. The molecule has 0 aliphatic carbocycles. The summed E-state index contributed by atoms with van der Waals surface area (Å²) in [6.07, 6.45) is -0.297. The van der Waals surface area contributed by atoms with Gasteiger partial charge in [0.15, 0.2) is 0 Å². The molecule has 1 aromatic carbocycles. The first-order valence-electron chi connectivity index (χ1n) is 5.31.